The average Bonchev–Trinajstić information content (AvgIpc) is 3.75. The maximum atomic E-state index is 11.0. The minimum atomic E-state index is -0.663. The van der Waals surface area contributed by atoms with E-state index in [2.05, 4.69) is 9.97 Å². The summed E-state index contributed by atoms with van der Waals surface area (Å²) >= 11 is 0. The number of nitrogens with zero attached hydrogens (tertiary/aromatic N) is 6. The van der Waals surface area contributed by atoms with Crippen molar-refractivity contribution in [3.05, 3.63) is 78.9 Å². The van der Waals surface area contributed by atoms with Gasteiger partial charge in [-0.2, -0.15) is 0 Å². The van der Waals surface area contributed by atoms with Gasteiger partial charge in [-0.15, -0.1) is 0 Å². The number of benzene rings is 4. The molecule has 0 amide bonds. The third-order valence-corrected chi connectivity index (χ3v) is 7.77. The molecular formula is C32H18CuN8O3. The van der Waals surface area contributed by atoms with Crippen LogP contribution in [0.5, 0.6) is 17.2 Å². The topological polar surface area (TPSA) is 170 Å². The molecule has 2 aliphatic rings. The van der Waals surface area contributed by atoms with Crippen LogP contribution in [0.1, 0.15) is 0 Å². The summed E-state index contributed by atoms with van der Waals surface area (Å²) in [5.41, 5.74) is 4.71. The first-order chi connectivity index (χ1) is 21.0. The van der Waals surface area contributed by atoms with Crippen LogP contribution in [-0.2, 0) is 17.1 Å². The van der Waals surface area contributed by atoms with Gasteiger partial charge in [0.2, 0.25) is 5.75 Å². The predicted octanol–water partition coefficient (Wildman–Crippen LogP) is 5.98. The molecule has 0 unspecified atom stereocenters. The molecule has 11 nitrogen and oxygen atoms in total. The van der Waals surface area contributed by atoms with Gasteiger partial charge < -0.3 is 25.3 Å². The van der Waals surface area contributed by atoms with Gasteiger partial charge in [0.05, 0.1) is 5.39 Å². The van der Waals surface area contributed by atoms with Crippen molar-refractivity contribution in [3.8, 4) is 62.8 Å². The Bertz CT molecular complexity index is 2520. The summed E-state index contributed by atoms with van der Waals surface area (Å²) in [6.45, 7) is 0. The van der Waals surface area contributed by atoms with Gasteiger partial charge in [-0.05, 0) is 6.07 Å². The zero-order valence-electron chi connectivity index (χ0n) is 22.3. The molecule has 0 atom stereocenters. The van der Waals surface area contributed by atoms with Crippen molar-refractivity contribution in [1.82, 2.24) is 39.9 Å². The van der Waals surface area contributed by atoms with E-state index in [0.29, 0.717) is 40.0 Å². The number of nitrogens with one attached hydrogen (secondary N) is 2. The summed E-state index contributed by atoms with van der Waals surface area (Å²) in [5, 5.41) is 34.0. The van der Waals surface area contributed by atoms with E-state index in [-0.39, 0.29) is 33.7 Å². The van der Waals surface area contributed by atoms with Crippen molar-refractivity contribution in [1.29, 1.82) is 0 Å². The van der Waals surface area contributed by atoms with Crippen LogP contribution < -0.4 is 0 Å². The van der Waals surface area contributed by atoms with Crippen molar-refractivity contribution >= 4 is 44.1 Å². The number of hydrogen-bond acceptors (Lipinski definition) is 9. The Morgan fingerprint density at radius 3 is 1.30 bits per heavy atom. The van der Waals surface area contributed by atoms with E-state index >= 15 is 0 Å². The van der Waals surface area contributed by atoms with Gasteiger partial charge in [-0.1, -0.05) is 72.8 Å². The van der Waals surface area contributed by atoms with Crippen LogP contribution in [0.4, 0.5) is 0 Å². The Balaban J connectivity index is 0.00000289. The number of rotatable bonds is 0. The first kappa shape index (κ1) is 25.8. The van der Waals surface area contributed by atoms with Gasteiger partial charge in [-0.25, -0.2) is 29.9 Å². The van der Waals surface area contributed by atoms with Crippen LogP contribution in [0, 0.1) is 0 Å². The minimum absolute atomic E-state index is 0. The van der Waals surface area contributed by atoms with Crippen LogP contribution in [0.2, 0.25) is 0 Å². The average molecular weight is 626 g/mol. The number of aromatic amines is 2. The molecule has 2 aliphatic heterocycles. The molecule has 9 rings (SSSR count). The zero-order valence-corrected chi connectivity index (χ0v) is 23.3. The summed E-state index contributed by atoms with van der Waals surface area (Å²) in [4.78, 5) is 35.6. The van der Waals surface area contributed by atoms with Crippen molar-refractivity contribution < 1.29 is 32.4 Å². The Kier molecular flexibility index (Phi) is 5.48. The van der Waals surface area contributed by atoms with E-state index < -0.39 is 17.2 Å². The van der Waals surface area contributed by atoms with Gasteiger partial charge in [0.15, 0.2) is 34.8 Å². The molecule has 215 valence electrons. The van der Waals surface area contributed by atoms with Gasteiger partial charge in [0.25, 0.3) is 0 Å². The van der Waals surface area contributed by atoms with Crippen molar-refractivity contribution in [2.45, 2.75) is 0 Å². The summed E-state index contributed by atoms with van der Waals surface area (Å²) in [6, 6.07) is 24.4. The van der Waals surface area contributed by atoms with Crippen molar-refractivity contribution in [2.75, 3.05) is 0 Å². The van der Waals surface area contributed by atoms with Crippen LogP contribution in [-0.4, -0.2) is 55.2 Å². The fraction of sp³-hybridized carbons (Fsp3) is 0. The monoisotopic (exact) mass is 625 g/mol. The molecule has 44 heavy (non-hydrogen) atoms. The normalized spacial score (nSPS) is 11.7. The van der Waals surface area contributed by atoms with Gasteiger partial charge >= 0.3 is 0 Å². The van der Waals surface area contributed by atoms with E-state index in [1.807, 2.05) is 72.8 Å². The van der Waals surface area contributed by atoms with E-state index in [0.717, 1.165) is 33.0 Å². The molecule has 12 heteroatoms. The molecule has 4 aromatic carbocycles. The van der Waals surface area contributed by atoms with Crippen molar-refractivity contribution in [3.63, 3.8) is 0 Å². The maximum absolute atomic E-state index is 11.0. The summed E-state index contributed by atoms with van der Waals surface area (Å²) in [7, 11) is 0. The van der Waals surface area contributed by atoms with Crippen LogP contribution in [0.3, 0.4) is 0 Å². The number of hydrogen-bond donors (Lipinski definition) is 5. The van der Waals surface area contributed by atoms with Crippen LogP contribution >= 0.6 is 0 Å². The first-order valence-electron chi connectivity index (χ1n) is 13.4. The molecule has 3 aromatic heterocycles. The SMILES string of the molecule is Oc1cc2c3nc4nc(nc5[nH]c(nc6nc(nc([nH]3)c2c(O)c1O)-c1ccccc1-6)c1ccccc51)-c1ccccc1-4.[Cu]. The number of phenolic OH excluding ortho intramolecular Hbond substituents is 3. The Morgan fingerprint density at radius 1 is 0.432 bits per heavy atom. The molecule has 0 spiro atoms. The third-order valence-electron chi connectivity index (χ3n) is 7.77. The zero-order chi connectivity index (χ0) is 28.8. The van der Waals surface area contributed by atoms with Crippen molar-refractivity contribution in [2.24, 2.45) is 0 Å². The smallest absolute Gasteiger partial charge is 0.201 e. The fourth-order valence-corrected chi connectivity index (χ4v) is 5.76. The van der Waals surface area contributed by atoms with Gasteiger partial charge in [-0.3, -0.25) is 0 Å². The largest absolute Gasteiger partial charge is 0.504 e. The second-order valence-electron chi connectivity index (χ2n) is 10.3. The molecule has 0 saturated carbocycles. The summed E-state index contributed by atoms with van der Waals surface area (Å²) in [6.07, 6.45) is 0. The molecule has 1 radical (unpaired) electrons. The second kappa shape index (κ2) is 9.33. The summed E-state index contributed by atoms with van der Waals surface area (Å²) in [5.74, 6) is -0.0602. The molecule has 0 saturated heterocycles. The Labute approximate surface area is 257 Å². The number of H-pyrrole nitrogens is 2. The fourth-order valence-electron chi connectivity index (χ4n) is 5.76. The number of aromatic nitrogens is 8. The summed E-state index contributed by atoms with van der Waals surface area (Å²) < 4.78 is 0. The van der Waals surface area contributed by atoms with Crippen LogP contribution in [0.25, 0.3) is 89.7 Å². The standard InChI is InChI=1S/C32H18N8O3.Cu/c41-21-13-20-22(24(43)23(21)42)32-39-30-19-12-6-5-11-18(19)28(37-30)35-26-15-8-2-1-7-14(15)25(33-26)34-27-16-9-3-4-10-17(16)29(36-27)38-31(20)40-32;/h1-13,41-43H,(H2,33,34,35,36,37,38,39,40);. The van der Waals surface area contributed by atoms with Gasteiger partial charge in [0, 0.05) is 55.5 Å². The van der Waals surface area contributed by atoms with E-state index in [1.54, 1.807) is 0 Å². The number of fused-ring (bicyclic) bond motifs is 20. The van der Waals surface area contributed by atoms with E-state index in [9.17, 15) is 15.3 Å². The third kappa shape index (κ3) is 3.62. The van der Waals surface area contributed by atoms with E-state index in [4.69, 9.17) is 29.9 Å². The number of phenols is 3. The maximum Gasteiger partial charge on any atom is 0.201 e. The van der Waals surface area contributed by atoms with Gasteiger partial charge in [0.1, 0.15) is 22.6 Å². The predicted molar refractivity (Wildman–Crippen MR) is 161 cm³/mol. The molecule has 5 N–H and O–H groups in total. The second-order valence-corrected chi connectivity index (χ2v) is 10.3. The Hall–Kier alpha value is -5.84. The number of aromatic hydroxyl groups is 3. The molecule has 8 bridgehead atoms. The minimum Gasteiger partial charge on any atom is -0.504 e. The van der Waals surface area contributed by atoms with E-state index in [1.165, 1.54) is 6.07 Å². The quantitative estimate of drug-likeness (QED) is 0.100. The first-order valence-corrected chi connectivity index (χ1v) is 13.4. The molecule has 7 aromatic rings. The van der Waals surface area contributed by atoms with Crippen LogP contribution in [0.15, 0.2) is 78.9 Å². The molecule has 5 heterocycles. The molecule has 0 aliphatic carbocycles. The molecule has 0 fully saturated rings. The molecular weight excluding hydrogens is 608 g/mol. The Morgan fingerprint density at radius 2 is 0.818 bits per heavy atom.